The molecule has 4 aliphatic carbocycles. The van der Waals surface area contributed by atoms with E-state index >= 15 is 0 Å². The number of aliphatic hydroxyl groups is 1. The van der Waals surface area contributed by atoms with E-state index in [0.717, 1.165) is 49.9 Å². The molecule has 0 aromatic rings. The molecule has 0 amide bonds. The van der Waals surface area contributed by atoms with E-state index in [0.29, 0.717) is 6.42 Å². The predicted molar refractivity (Wildman–Crippen MR) is 119 cm³/mol. The molecule has 0 radical (unpaired) electrons. The van der Waals surface area contributed by atoms with Crippen LogP contribution in [-0.2, 0) is 14.5 Å². The van der Waals surface area contributed by atoms with Gasteiger partial charge in [-0.1, -0.05) is 53.9 Å². The van der Waals surface area contributed by atoms with Gasteiger partial charge >= 0.3 is 0 Å². The van der Waals surface area contributed by atoms with Crippen LogP contribution < -0.4 is 0 Å². The van der Waals surface area contributed by atoms with Crippen molar-refractivity contribution in [2.45, 2.75) is 127 Å². The minimum absolute atomic E-state index is 0.106. The molecule has 0 unspecified atom stereocenters. The molecule has 3 saturated carbocycles. The zero-order chi connectivity index (χ0) is 21.9. The van der Waals surface area contributed by atoms with Crippen LogP contribution in [0.1, 0.15) is 98.8 Å². The third kappa shape index (κ3) is 2.14. The first-order chi connectivity index (χ1) is 14.6. The lowest BCUT2D eigenvalue weighted by Crippen LogP contribution is -2.69. The van der Waals surface area contributed by atoms with Crippen LogP contribution in [0.2, 0.25) is 0 Å². The Kier molecular flexibility index (Phi) is 4.21. The number of rotatable bonds is 5. The molecule has 3 spiro atoms. The highest BCUT2D eigenvalue weighted by molar-refractivity contribution is 5.49. The van der Waals surface area contributed by atoms with E-state index in [1.807, 2.05) is 0 Å². The molecular formula is C27H42O4. The van der Waals surface area contributed by atoms with Crippen LogP contribution in [0.15, 0.2) is 12.2 Å². The molecule has 5 fully saturated rings. The Bertz CT molecular complexity index is 809. The van der Waals surface area contributed by atoms with Crippen molar-refractivity contribution < 1.29 is 19.6 Å². The molecule has 6 aliphatic rings. The van der Waals surface area contributed by atoms with E-state index in [1.54, 1.807) is 0 Å². The maximum absolute atomic E-state index is 10.4. The first kappa shape index (κ1) is 21.1. The van der Waals surface area contributed by atoms with Gasteiger partial charge in [0.25, 0.3) is 0 Å². The van der Waals surface area contributed by atoms with Crippen LogP contribution in [0.3, 0.4) is 0 Å². The van der Waals surface area contributed by atoms with Crippen LogP contribution >= 0.6 is 0 Å². The van der Waals surface area contributed by atoms with E-state index < -0.39 is 11.2 Å². The molecule has 9 atom stereocenters. The second kappa shape index (κ2) is 6.17. The third-order valence-electron chi connectivity index (χ3n) is 11.4. The van der Waals surface area contributed by atoms with Gasteiger partial charge in [-0.3, -0.25) is 0 Å². The molecule has 2 heterocycles. The summed E-state index contributed by atoms with van der Waals surface area (Å²) in [4.78, 5) is 12.6. The molecule has 0 aromatic carbocycles. The Balaban J connectivity index is 1.34. The summed E-state index contributed by atoms with van der Waals surface area (Å²) in [6.45, 7) is 12.1. The summed E-state index contributed by atoms with van der Waals surface area (Å²) >= 11 is 0. The highest BCUT2D eigenvalue weighted by atomic mass is 17.2. The zero-order valence-corrected chi connectivity index (χ0v) is 20.2. The number of epoxide rings is 1. The molecule has 2 aliphatic heterocycles. The molecule has 2 bridgehead atoms. The molecule has 4 nitrogen and oxygen atoms in total. The van der Waals surface area contributed by atoms with Crippen LogP contribution in [0.25, 0.3) is 0 Å². The summed E-state index contributed by atoms with van der Waals surface area (Å²) in [5.41, 5.74) is -1.31. The Morgan fingerprint density at radius 1 is 0.935 bits per heavy atom. The highest BCUT2D eigenvalue weighted by Gasteiger charge is 2.94. The zero-order valence-electron chi connectivity index (χ0n) is 20.2. The van der Waals surface area contributed by atoms with Gasteiger partial charge in [0.15, 0.2) is 0 Å². The molecule has 6 rings (SSSR count). The topological polar surface area (TPSA) is 51.2 Å². The van der Waals surface area contributed by atoms with Gasteiger partial charge in [0, 0.05) is 17.3 Å². The quantitative estimate of drug-likeness (QED) is 0.344. The van der Waals surface area contributed by atoms with Gasteiger partial charge in [0.05, 0.1) is 6.10 Å². The van der Waals surface area contributed by atoms with Gasteiger partial charge in [0.1, 0.15) is 22.4 Å². The van der Waals surface area contributed by atoms with Crippen LogP contribution in [0.5, 0.6) is 0 Å². The summed E-state index contributed by atoms with van der Waals surface area (Å²) < 4.78 is 7.01. The van der Waals surface area contributed by atoms with Crippen LogP contribution in [0, 0.1) is 28.6 Å². The fraction of sp³-hybridized carbons (Fsp3) is 0.926. The largest absolute Gasteiger partial charge is 0.393 e. The Hall–Kier alpha value is -0.420. The minimum Gasteiger partial charge on any atom is -0.393 e. The maximum atomic E-state index is 10.4. The number of hydrogen-bond donors (Lipinski definition) is 1. The van der Waals surface area contributed by atoms with Crippen LogP contribution in [0.4, 0.5) is 0 Å². The van der Waals surface area contributed by atoms with Gasteiger partial charge in [-0.05, 0) is 68.4 Å². The summed E-state index contributed by atoms with van der Waals surface area (Å²) in [6.07, 6.45) is 15.2. The van der Waals surface area contributed by atoms with Crippen molar-refractivity contribution >= 4 is 0 Å². The van der Waals surface area contributed by atoms with E-state index in [1.165, 1.54) is 25.7 Å². The van der Waals surface area contributed by atoms with Crippen molar-refractivity contribution in [3.05, 3.63) is 12.2 Å². The highest BCUT2D eigenvalue weighted by Crippen LogP contribution is 2.84. The number of ether oxygens (including phenoxy) is 1. The fourth-order valence-electron chi connectivity index (χ4n) is 9.54. The monoisotopic (exact) mass is 430 g/mol. The molecule has 31 heavy (non-hydrogen) atoms. The second-order valence-corrected chi connectivity index (χ2v) is 13.0. The maximum Gasteiger partial charge on any atom is 0.149 e. The molecule has 0 aromatic heterocycles. The number of hydrogen-bond acceptors (Lipinski definition) is 4. The fourth-order valence-corrected chi connectivity index (χ4v) is 9.54. The van der Waals surface area contributed by atoms with Crippen molar-refractivity contribution in [3.63, 3.8) is 0 Å². The van der Waals surface area contributed by atoms with Crippen LogP contribution in [-0.4, -0.2) is 33.6 Å². The number of aliphatic hydroxyl groups excluding tert-OH is 1. The van der Waals surface area contributed by atoms with Gasteiger partial charge < -0.3 is 9.84 Å². The van der Waals surface area contributed by atoms with E-state index in [4.69, 9.17) is 14.5 Å². The van der Waals surface area contributed by atoms with E-state index in [2.05, 4.69) is 46.8 Å². The third-order valence-corrected chi connectivity index (χ3v) is 11.4. The van der Waals surface area contributed by atoms with E-state index in [9.17, 15) is 5.11 Å². The van der Waals surface area contributed by atoms with Crippen molar-refractivity contribution in [1.29, 1.82) is 0 Å². The molecule has 1 N–H and O–H groups in total. The van der Waals surface area contributed by atoms with Crippen molar-refractivity contribution in [1.82, 2.24) is 0 Å². The Morgan fingerprint density at radius 2 is 1.74 bits per heavy atom. The Labute approximate surface area is 188 Å². The lowest BCUT2D eigenvalue weighted by atomic mass is 9.43. The second-order valence-electron chi connectivity index (χ2n) is 13.0. The standard InChI is InChI=1S/C27H42O4/c1-18(2)7-6-8-19(3)21-10-12-25-22(21,4)13-15-26-23(5)11-9-20(28)17-24(23,30-31-26)14-16-27(25,26)29-25/h14,16,18-21,28H,6-13,15,17H2,1-5H3/t19-,20+,21-,22-,23+,24-,25+,26+,27-/m1/s1. The van der Waals surface area contributed by atoms with Gasteiger partial charge in [0.2, 0.25) is 0 Å². The van der Waals surface area contributed by atoms with Gasteiger partial charge in [-0.25, -0.2) is 9.78 Å². The lowest BCUT2D eigenvalue weighted by molar-refractivity contribution is -0.352. The Morgan fingerprint density at radius 3 is 2.52 bits per heavy atom. The van der Waals surface area contributed by atoms with Crippen molar-refractivity contribution in [3.8, 4) is 0 Å². The average Bonchev–Trinajstić information content (AvgIpc) is 3.25. The first-order valence-electron chi connectivity index (χ1n) is 13.1. The lowest BCUT2D eigenvalue weighted by Gasteiger charge is -2.58. The van der Waals surface area contributed by atoms with Crippen molar-refractivity contribution in [2.75, 3.05) is 0 Å². The molecule has 4 heteroatoms. The predicted octanol–water partition coefficient (Wildman–Crippen LogP) is 5.73. The normalized spacial score (nSPS) is 57.3. The summed E-state index contributed by atoms with van der Waals surface area (Å²) in [6, 6.07) is 0. The molecular weight excluding hydrogens is 388 g/mol. The first-order valence-corrected chi connectivity index (χ1v) is 13.1. The van der Waals surface area contributed by atoms with Gasteiger partial charge in [-0.2, -0.15) is 0 Å². The average molecular weight is 431 g/mol. The summed E-state index contributed by atoms with van der Waals surface area (Å²) in [5, 5.41) is 10.4. The SMILES string of the molecule is CC(C)CCC[C@@H](C)[C@H]1CC[C@@]23O[C@]24C=C[C@@]25C[C@@H](O)CC[C@]2(C)[C@]4(CC[C@]13C)OO5. The smallest absolute Gasteiger partial charge is 0.149 e. The van der Waals surface area contributed by atoms with Gasteiger partial charge in [-0.15, -0.1) is 0 Å². The van der Waals surface area contributed by atoms with Crippen molar-refractivity contribution in [2.24, 2.45) is 28.6 Å². The van der Waals surface area contributed by atoms with E-state index in [-0.39, 0.29) is 28.1 Å². The molecule has 2 saturated heterocycles. The minimum atomic E-state index is -0.501. The summed E-state index contributed by atoms with van der Waals surface area (Å²) in [5.74, 6) is 2.26. The summed E-state index contributed by atoms with van der Waals surface area (Å²) in [7, 11) is 0. The molecule has 174 valence electrons.